The van der Waals surface area contributed by atoms with E-state index < -0.39 is 0 Å². The first-order chi connectivity index (χ1) is 14.9. The second-order valence-corrected chi connectivity index (χ2v) is 7.67. The molecule has 0 spiro atoms. The highest BCUT2D eigenvalue weighted by Crippen LogP contribution is 2.28. The van der Waals surface area contributed by atoms with Crippen LogP contribution in [0.2, 0.25) is 5.02 Å². The van der Waals surface area contributed by atoms with Gasteiger partial charge < -0.3 is 9.47 Å². The number of hydrogen-bond donors (Lipinski definition) is 1. The van der Waals surface area contributed by atoms with Gasteiger partial charge in [-0.15, -0.1) is 0 Å². The Kier molecular flexibility index (Phi) is 7.68. The van der Waals surface area contributed by atoms with Gasteiger partial charge in [-0.05, 0) is 66.4 Å². The second kappa shape index (κ2) is 10.6. The maximum atomic E-state index is 12.2. The third kappa shape index (κ3) is 6.59. The van der Waals surface area contributed by atoms with Crippen molar-refractivity contribution in [1.82, 2.24) is 5.43 Å². The number of nitrogens with one attached hydrogen (secondary N) is 1. The molecule has 6 heteroatoms. The van der Waals surface area contributed by atoms with Crippen LogP contribution in [-0.4, -0.2) is 19.2 Å². The van der Waals surface area contributed by atoms with E-state index in [1.807, 2.05) is 62.4 Å². The van der Waals surface area contributed by atoms with Crippen LogP contribution in [0, 0.1) is 13.8 Å². The summed E-state index contributed by atoms with van der Waals surface area (Å²) >= 11 is 6.01. The fraction of sp³-hybridized carbons (Fsp3) is 0.200. The van der Waals surface area contributed by atoms with Gasteiger partial charge in [0.05, 0.1) is 19.7 Å². The zero-order valence-electron chi connectivity index (χ0n) is 17.8. The Morgan fingerprint density at radius 3 is 2.65 bits per heavy atom. The quantitative estimate of drug-likeness (QED) is 0.388. The molecule has 0 aliphatic carbocycles. The van der Waals surface area contributed by atoms with Crippen molar-refractivity contribution in [3.8, 4) is 11.5 Å². The number of nitrogens with zero attached hydrogens (tertiary/aromatic N) is 1. The molecule has 3 rings (SSSR count). The molecule has 3 aromatic carbocycles. The Bertz CT molecular complexity index is 1100. The van der Waals surface area contributed by atoms with Crippen molar-refractivity contribution in [2.45, 2.75) is 26.9 Å². The lowest BCUT2D eigenvalue weighted by atomic mass is 10.0. The van der Waals surface area contributed by atoms with Crippen molar-refractivity contribution in [2.24, 2.45) is 5.10 Å². The lowest BCUT2D eigenvalue weighted by Gasteiger charge is -2.11. The lowest BCUT2D eigenvalue weighted by molar-refractivity contribution is -0.120. The van der Waals surface area contributed by atoms with E-state index in [2.05, 4.69) is 16.6 Å². The zero-order valence-corrected chi connectivity index (χ0v) is 18.6. The van der Waals surface area contributed by atoms with E-state index in [0.717, 1.165) is 22.3 Å². The minimum absolute atomic E-state index is 0.170. The number of carbonyl (C=O) groups excluding carboxylic acids is 1. The normalized spacial score (nSPS) is 10.8. The number of ether oxygens (including phenoxy) is 2. The highest BCUT2D eigenvalue weighted by molar-refractivity contribution is 6.30. The molecule has 5 nitrogen and oxygen atoms in total. The summed E-state index contributed by atoms with van der Waals surface area (Å²) in [6.45, 7) is 4.41. The maximum Gasteiger partial charge on any atom is 0.244 e. The molecule has 0 unspecified atom stereocenters. The van der Waals surface area contributed by atoms with E-state index in [0.29, 0.717) is 23.1 Å². The van der Waals surface area contributed by atoms with Crippen molar-refractivity contribution < 1.29 is 14.3 Å². The van der Waals surface area contributed by atoms with E-state index in [-0.39, 0.29) is 12.3 Å². The average molecular weight is 437 g/mol. The van der Waals surface area contributed by atoms with Crippen LogP contribution < -0.4 is 14.9 Å². The number of hydrogen-bond acceptors (Lipinski definition) is 4. The van der Waals surface area contributed by atoms with Gasteiger partial charge in [0.25, 0.3) is 0 Å². The molecule has 0 aliphatic rings. The van der Waals surface area contributed by atoms with Gasteiger partial charge in [-0.1, -0.05) is 47.5 Å². The number of rotatable bonds is 8. The van der Waals surface area contributed by atoms with Gasteiger partial charge in [0.2, 0.25) is 5.91 Å². The van der Waals surface area contributed by atoms with Crippen LogP contribution in [0.5, 0.6) is 11.5 Å². The monoisotopic (exact) mass is 436 g/mol. The lowest BCUT2D eigenvalue weighted by Crippen LogP contribution is -2.20. The van der Waals surface area contributed by atoms with Gasteiger partial charge in [-0.25, -0.2) is 5.43 Å². The van der Waals surface area contributed by atoms with Crippen LogP contribution in [0.1, 0.15) is 27.8 Å². The summed E-state index contributed by atoms with van der Waals surface area (Å²) in [5.74, 6) is 1.02. The summed E-state index contributed by atoms with van der Waals surface area (Å²) in [5, 5.41) is 4.72. The second-order valence-electron chi connectivity index (χ2n) is 7.23. The number of methoxy groups -OCH3 is 1. The highest BCUT2D eigenvalue weighted by atomic mass is 35.5. The van der Waals surface area contributed by atoms with Crippen LogP contribution >= 0.6 is 11.6 Å². The maximum absolute atomic E-state index is 12.2. The molecule has 160 valence electrons. The summed E-state index contributed by atoms with van der Waals surface area (Å²) in [7, 11) is 1.58. The first kappa shape index (κ1) is 22.4. The van der Waals surface area contributed by atoms with E-state index >= 15 is 0 Å². The Morgan fingerprint density at radius 1 is 1.06 bits per heavy atom. The summed E-state index contributed by atoms with van der Waals surface area (Å²) in [5.41, 5.74) is 7.57. The van der Waals surface area contributed by atoms with Crippen molar-refractivity contribution in [3.05, 3.63) is 93.5 Å². The van der Waals surface area contributed by atoms with Gasteiger partial charge in [-0.2, -0.15) is 5.10 Å². The molecule has 0 fully saturated rings. The Labute approximate surface area is 187 Å². The van der Waals surface area contributed by atoms with Gasteiger partial charge >= 0.3 is 0 Å². The van der Waals surface area contributed by atoms with E-state index in [1.54, 1.807) is 19.4 Å². The minimum atomic E-state index is -0.170. The predicted octanol–water partition coefficient (Wildman–Crippen LogP) is 5.24. The molecule has 0 heterocycles. The van der Waals surface area contributed by atoms with Gasteiger partial charge in [0.1, 0.15) is 6.61 Å². The Balaban J connectivity index is 1.58. The Morgan fingerprint density at radius 2 is 1.90 bits per heavy atom. The number of benzene rings is 3. The third-order valence-corrected chi connectivity index (χ3v) is 4.96. The SMILES string of the molecule is COc1cc(/C=N/NC(=O)Cc2ccc(C)cc2C)ccc1OCc1cccc(Cl)c1. The largest absolute Gasteiger partial charge is 0.493 e. The molecule has 1 N–H and O–H groups in total. The van der Waals surface area contributed by atoms with Crippen LogP contribution in [-0.2, 0) is 17.8 Å². The number of halogens is 1. The molecule has 1 amide bonds. The number of aryl methyl sites for hydroxylation is 2. The van der Waals surface area contributed by atoms with Crippen LogP contribution in [0.4, 0.5) is 0 Å². The van der Waals surface area contributed by atoms with Gasteiger partial charge in [0.15, 0.2) is 11.5 Å². The van der Waals surface area contributed by atoms with Crippen molar-refractivity contribution in [3.63, 3.8) is 0 Å². The van der Waals surface area contributed by atoms with Crippen LogP contribution in [0.15, 0.2) is 65.8 Å². The Hall–Kier alpha value is -3.31. The number of carbonyl (C=O) groups is 1. The molecule has 3 aromatic rings. The molecular weight excluding hydrogens is 412 g/mol. The first-order valence-corrected chi connectivity index (χ1v) is 10.3. The molecule has 31 heavy (non-hydrogen) atoms. The van der Waals surface area contributed by atoms with Crippen LogP contribution in [0.25, 0.3) is 0 Å². The summed E-state index contributed by atoms with van der Waals surface area (Å²) < 4.78 is 11.3. The average Bonchev–Trinajstić information content (AvgIpc) is 2.74. The van der Waals surface area contributed by atoms with Gasteiger partial charge in [-0.3, -0.25) is 4.79 Å². The molecule has 0 atom stereocenters. The first-order valence-electron chi connectivity index (χ1n) is 9.88. The van der Waals surface area contributed by atoms with E-state index in [9.17, 15) is 4.79 Å². The topological polar surface area (TPSA) is 59.9 Å². The van der Waals surface area contributed by atoms with Crippen molar-refractivity contribution in [2.75, 3.05) is 7.11 Å². The molecule has 0 saturated heterocycles. The molecule has 0 aliphatic heterocycles. The predicted molar refractivity (Wildman–Crippen MR) is 124 cm³/mol. The summed E-state index contributed by atoms with van der Waals surface area (Å²) in [6, 6.07) is 19.0. The number of amides is 1. The molecular formula is C25H25ClN2O3. The standard InChI is InChI=1S/C25H25ClN2O3/c1-17-7-9-21(18(2)11-17)14-25(29)28-27-15-19-8-10-23(24(13-19)30-3)31-16-20-5-4-6-22(26)12-20/h4-13,15H,14,16H2,1-3H3,(H,28,29)/b27-15+. The summed E-state index contributed by atoms with van der Waals surface area (Å²) in [6.07, 6.45) is 1.85. The third-order valence-electron chi connectivity index (χ3n) is 4.72. The highest BCUT2D eigenvalue weighted by Gasteiger charge is 2.07. The van der Waals surface area contributed by atoms with Gasteiger partial charge in [0, 0.05) is 5.02 Å². The molecule has 0 aromatic heterocycles. The van der Waals surface area contributed by atoms with E-state index in [4.69, 9.17) is 21.1 Å². The van der Waals surface area contributed by atoms with Crippen LogP contribution in [0.3, 0.4) is 0 Å². The van der Waals surface area contributed by atoms with Crippen molar-refractivity contribution in [1.29, 1.82) is 0 Å². The fourth-order valence-corrected chi connectivity index (χ4v) is 3.32. The zero-order chi connectivity index (χ0) is 22.2. The van der Waals surface area contributed by atoms with E-state index in [1.165, 1.54) is 5.56 Å². The minimum Gasteiger partial charge on any atom is -0.493 e. The molecule has 0 bridgehead atoms. The number of hydrazone groups is 1. The molecule has 0 saturated carbocycles. The molecule has 0 radical (unpaired) electrons. The fourth-order valence-electron chi connectivity index (χ4n) is 3.11. The summed E-state index contributed by atoms with van der Waals surface area (Å²) in [4.78, 5) is 12.2. The smallest absolute Gasteiger partial charge is 0.244 e. The van der Waals surface area contributed by atoms with Crippen molar-refractivity contribution >= 4 is 23.7 Å².